The van der Waals surface area contributed by atoms with Crippen molar-refractivity contribution in [2.75, 3.05) is 24.4 Å². The van der Waals surface area contributed by atoms with Crippen LogP contribution in [-0.4, -0.2) is 32.9 Å². The molecule has 6 heteroatoms. The van der Waals surface area contributed by atoms with Crippen LogP contribution in [0.3, 0.4) is 0 Å². The van der Waals surface area contributed by atoms with Gasteiger partial charge in [0.05, 0.1) is 17.3 Å². The highest BCUT2D eigenvalue weighted by Gasteiger charge is 2.30. The third-order valence-corrected chi connectivity index (χ3v) is 5.52. The minimum absolute atomic E-state index is 0.386. The molecule has 1 aliphatic heterocycles. The minimum atomic E-state index is -3.52. The van der Waals surface area contributed by atoms with Gasteiger partial charge in [0.25, 0.3) is 0 Å². The van der Waals surface area contributed by atoms with Gasteiger partial charge in [-0.3, -0.25) is 4.31 Å². The Morgan fingerprint density at radius 1 is 1.45 bits per heavy atom. The molecule has 20 heavy (non-hydrogen) atoms. The molecule has 1 aromatic carbocycles. The van der Waals surface area contributed by atoms with Crippen molar-refractivity contribution in [2.24, 2.45) is 5.92 Å². The Labute approximate surface area is 120 Å². The summed E-state index contributed by atoms with van der Waals surface area (Å²) in [6.45, 7) is 3.19. The molecule has 0 aliphatic carbocycles. The number of rotatable bonds is 3. The molecular formula is C14H19N3O2S. The van der Waals surface area contributed by atoms with Crippen LogP contribution in [-0.2, 0) is 10.2 Å². The zero-order valence-corrected chi connectivity index (χ0v) is 12.6. The molecule has 0 radical (unpaired) electrons. The molecule has 2 rings (SSSR count). The van der Waals surface area contributed by atoms with E-state index in [0.717, 1.165) is 12.8 Å². The second-order valence-electron chi connectivity index (χ2n) is 5.24. The fraction of sp³-hybridized carbons (Fsp3) is 0.500. The molecule has 0 N–H and O–H groups in total. The van der Waals surface area contributed by atoms with E-state index in [1.54, 1.807) is 24.3 Å². The highest BCUT2D eigenvalue weighted by atomic mass is 32.2. The predicted molar refractivity (Wildman–Crippen MR) is 78.5 cm³/mol. The summed E-state index contributed by atoms with van der Waals surface area (Å²) in [5.41, 5.74) is 0.971. The predicted octanol–water partition coefficient (Wildman–Crippen LogP) is 1.97. The van der Waals surface area contributed by atoms with Crippen LogP contribution in [0.25, 0.3) is 0 Å². The molecular weight excluding hydrogens is 274 g/mol. The van der Waals surface area contributed by atoms with E-state index in [4.69, 9.17) is 5.26 Å². The fourth-order valence-corrected chi connectivity index (χ4v) is 3.96. The maximum Gasteiger partial charge on any atom is 0.303 e. The molecule has 5 nitrogen and oxygen atoms in total. The third kappa shape index (κ3) is 2.94. The molecule has 0 spiro atoms. The van der Waals surface area contributed by atoms with Crippen molar-refractivity contribution in [3.8, 4) is 6.07 Å². The standard InChI is InChI=1S/C14H19N3O2S/c1-12-5-4-8-17(11-12)20(18,19)16(2)14-7-3-6-13(9-14)10-15/h3,6-7,9,12H,4-5,8,11H2,1-2H3. The minimum Gasteiger partial charge on any atom is -0.261 e. The van der Waals surface area contributed by atoms with Crippen LogP contribution in [0, 0.1) is 17.2 Å². The first-order valence-corrected chi connectivity index (χ1v) is 8.09. The molecule has 0 amide bonds. The maximum absolute atomic E-state index is 12.6. The lowest BCUT2D eigenvalue weighted by atomic mass is 10.0. The van der Waals surface area contributed by atoms with Crippen LogP contribution < -0.4 is 4.31 Å². The van der Waals surface area contributed by atoms with Gasteiger partial charge in [-0.05, 0) is 37.0 Å². The van der Waals surface area contributed by atoms with Gasteiger partial charge in [-0.1, -0.05) is 13.0 Å². The highest BCUT2D eigenvalue weighted by molar-refractivity contribution is 7.90. The normalized spacial score (nSPS) is 20.4. The third-order valence-electron chi connectivity index (χ3n) is 3.63. The quantitative estimate of drug-likeness (QED) is 0.856. The number of hydrogen-bond acceptors (Lipinski definition) is 3. The maximum atomic E-state index is 12.6. The van der Waals surface area contributed by atoms with E-state index in [0.29, 0.717) is 30.3 Å². The van der Waals surface area contributed by atoms with Gasteiger partial charge in [-0.25, -0.2) is 0 Å². The highest BCUT2D eigenvalue weighted by Crippen LogP contribution is 2.24. The van der Waals surface area contributed by atoms with Gasteiger partial charge in [0, 0.05) is 20.1 Å². The van der Waals surface area contributed by atoms with Crippen LogP contribution in [0.2, 0.25) is 0 Å². The van der Waals surface area contributed by atoms with E-state index in [9.17, 15) is 8.42 Å². The Morgan fingerprint density at radius 2 is 2.20 bits per heavy atom. The van der Waals surface area contributed by atoms with E-state index in [-0.39, 0.29) is 0 Å². The summed E-state index contributed by atoms with van der Waals surface area (Å²) in [5, 5.41) is 8.90. The fourth-order valence-electron chi connectivity index (χ4n) is 2.43. The SMILES string of the molecule is CC1CCCN(S(=O)(=O)N(C)c2cccc(C#N)c2)C1. The van der Waals surface area contributed by atoms with Crippen LogP contribution in [0.4, 0.5) is 5.69 Å². The van der Waals surface area contributed by atoms with Gasteiger partial charge in [0.1, 0.15) is 0 Å². The summed E-state index contributed by atoms with van der Waals surface area (Å²) in [5.74, 6) is 0.386. The molecule has 1 unspecified atom stereocenters. The van der Waals surface area contributed by atoms with E-state index in [1.165, 1.54) is 15.7 Å². The van der Waals surface area contributed by atoms with E-state index >= 15 is 0 Å². The number of anilines is 1. The molecule has 1 aliphatic rings. The lowest BCUT2D eigenvalue weighted by Gasteiger charge is -2.33. The second kappa shape index (κ2) is 5.81. The van der Waals surface area contributed by atoms with Crippen LogP contribution >= 0.6 is 0 Å². The first-order valence-electron chi connectivity index (χ1n) is 6.69. The monoisotopic (exact) mass is 293 g/mol. The van der Waals surface area contributed by atoms with Gasteiger partial charge in [0.15, 0.2) is 0 Å². The smallest absolute Gasteiger partial charge is 0.261 e. The van der Waals surface area contributed by atoms with Crippen molar-refractivity contribution in [3.05, 3.63) is 29.8 Å². The Bertz CT molecular complexity index is 622. The lowest BCUT2D eigenvalue weighted by Crippen LogP contribution is -2.46. The summed E-state index contributed by atoms with van der Waals surface area (Å²) < 4.78 is 28.0. The second-order valence-corrected chi connectivity index (χ2v) is 7.20. The average Bonchev–Trinajstić information content (AvgIpc) is 2.46. The number of nitrogens with zero attached hydrogens (tertiary/aromatic N) is 3. The molecule has 108 valence electrons. The molecule has 0 aromatic heterocycles. The molecule has 1 atom stereocenters. The van der Waals surface area contributed by atoms with Gasteiger partial charge < -0.3 is 0 Å². The topological polar surface area (TPSA) is 64.4 Å². The van der Waals surface area contributed by atoms with Crippen LogP contribution in [0.5, 0.6) is 0 Å². The van der Waals surface area contributed by atoms with Crippen molar-refractivity contribution >= 4 is 15.9 Å². The molecule has 0 saturated carbocycles. The average molecular weight is 293 g/mol. The van der Waals surface area contributed by atoms with Crippen LogP contribution in [0.1, 0.15) is 25.3 Å². The Morgan fingerprint density at radius 3 is 2.85 bits per heavy atom. The summed E-state index contributed by atoms with van der Waals surface area (Å²) in [6.07, 6.45) is 1.96. The van der Waals surface area contributed by atoms with Crippen molar-refractivity contribution in [1.82, 2.24) is 4.31 Å². The first-order chi connectivity index (χ1) is 9.45. The largest absolute Gasteiger partial charge is 0.303 e. The van der Waals surface area contributed by atoms with E-state index in [1.807, 2.05) is 6.07 Å². The van der Waals surface area contributed by atoms with E-state index < -0.39 is 10.2 Å². The summed E-state index contributed by atoms with van der Waals surface area (Å²) in [4.78, 5) is 0. The van der Waals surface area contributed by atoms with Crippen molar-refractivity contribution < 1.29 is 8.42 Å². The van der Waals surface area contributed by atoms with Gasteiger partial charge in [-0.2, -0.15) is 18.0 Å². The molecule has 1 heterocycles. The Kier molecular flexibility index (Phi) is 4.31. The molecule has 1 aromatic rings. The molecule has 1 fully saturated rings. The number of nitriles is 1. The lowest BCUT2D eigenvalue weighted by molar-refractivity contribution is 0.281. The summed E-state index contributed by atoms with van der Waals surface area (Å²) in [6, 6.07) is 8.67. The Balaban J connectivity index is 2.26. The summed E-state index contributed by atoms with van der Waals surface area (Å²) >= 11 is 0. The van der Waals surface area contributed by atoms with E-state index in [2.05, 4.69) is 6.92 Å². The van der Waals surface area contributed by atoms with Crippen LogP contribution in [0.15, 0.2) is 24.3 Å². The zero-order chi connectivity index (χ0) is 14.8. The number of hydrogen-bond donors (Lipinski definition) is 0. The molecule has 1 saturated heterocycles. The van der Waals surface area contributed by atoms with Gasteiger partial charge in [0.2, 0.25) is 0 Å². The van der Waals surface area contributed by atoms with Crippen molar-refractivity contribution in [1.29, 1.82) is 5.26 Å². The summed E-state index contributed by atoms with van der Waals surface area (Å²) in [7, 11) is -1.98. The van der Waals surface area contributed by atoms with Crippen molar-refractivity contribution in [3.63, 3.8) is 0 Å². The van der Waals surface area contributed by atoms with Gasteiger partial charge in [-0.15, -0.1) is 0 Å². The molecule has 0 bridgehead atoms. The number of benzene rings is 1. The first kappa shape index (κ1) is 14.8. The zero-order valence-electron chi connectivity index (χ0n) is 11.8. The van der Waals surface area contributed by atoms with Crippen molar-refractivity contribution in [2.45, 2.75) is 19.8 Å². The Hall–Kier alpha value is -1.58. The number of piperidine rings is 1. The van der Waals surface area contributed by atoms with Gasteiger partial charge >= 0.3 is 10.2 Å².